The van der Waals surface area contributed by atoms with E-state index in [1.807, 2.05) is 48.5 Å². The number of aromatic nitrogens is 2. The van der Waals surface area contributed by atoms with Gasteiger partial charge < -0.3 is 9.47 Å². The predicted molar refractivity (Wildman–Crippen MR) is 111 cm³/mol. The number of para-hydroxylation sites is 2. The largest absolute Gasteiger partial charge is 0.590 e. The van der Waals surface area contributed by atoms with Crippen LogP contribution in [0.2, 0.25) is 0 Å². The van der Waals surface area contributed by atoms with Gasteiger partial charge in [0, 0.05) is 11.1 Å². The Balaban J connectivity index is 1.49. The van der Waals surface area contributed by atoms with Gasteiger partial charge in [-0.2, -0.15) is 4.98 Å². The van der Waals surface area contributed by atoms with Crippen molar-refractivity contribution in [3.8, 4) is 11.5 Å². The first-order valence-corrected chi connectivity index (χ1v) is 10.4. The van der Waals surface area contributed by atoms with Gasteiger partial charge in [0.25, 0.3) is 0 Å². The van der Waals surface area contributed by atoms with E-state index in [9.17, 15) is 9.36 Å². The second-order valence-electron chi connectivity index (χ2n) is 6.70. The topological polar surface area (TPSA) is 90.5 Å². The Morgan fingerprint density at radius 3 is 2.37 bits per heavy atom. The minimum Gasteiger partial charge on any atom is -0.465 e. The van der Waals surface area contributed by atoms with Crippen LogP contribution in [0.5, 0.6) is 11.5 Å². The van der Waals surface area contributed by atoms with Crippen molar-refractivity contribution in [3.05, 3.63) is 83.4 Å². The molecule has 0 aliphatic carbocycles. The quantitative estimate of drug-likeness (QED) is 0.383. The molecule has 1 aliphatic rings. The molecular weight excluding hydrogens is 403 g/mol. The number of ether oxygens (including phenoxy) is 2. The molecular formula is C22H16N2O5P+. The maximum absolute atomic E-state index is 13.1. The molecule has 1 aliphatic heterocycles. The van der Waals surface area contributed by atoms with Crippen molar-refractivity contribution in [3.63, 3.8) is 0 Å². The number of imidazole rings is 1. The standard InChI is InChI=1S/C22H15N2O5P/c1-27-21(25)13-10-11-16-17(12-13)24-22(23-16)30(26)29-20-14-6-2-4-8-18(14)28-19-9-5-3-7-15(19)20/h2-12,20H,1H3/p+1. The fourth-order valence-electron chi connectivity index (χ4n) is 3.45. The summed E-state index contributed by atoms with van der Waals surface area (Å²) in [4.78, 5) is 19.1. The molecule has 0 saturated heterocycles. The van der Waals surface area contributed by atoms with Crippen molar-refractivity contribution >= 4 is 30.6 Å². The Labute approximate surface area is 172 Å². The van der Waals surface area contributed by atoms with Crippen molar-refractivity contribution in [1.29, 1.82) is 0 Å². The molecule has 0 amide bonds. The van der Waals surface area contributed by atoms with E-state index < -0.39 is 20.1 Å². The predicted octanol–water partition coefficient (Wildman–Crippen LogP) is 4.63. The van der Waals surface area contributed by atoms with E-state index >= 15 is 0 Å². The molecule has 0 bridgehead atoms. The highest BCUT2D eigenvalue weighted by Crippen LogP contribution is 2.47. The first-order chi connectivity index (χ1) is 14.6. The maximum atomic E-state index is 13.1. The number of carbonyl (C=O) groups is 1. The van der Waals surface area contributed by atoms with Crippen molar-refractivity contribution in [2.24, 2.45) is 0 Å². The van der Waals surface area contributed by atoms with Gasteiger partial charge in [0.15, 0.2) is 6.10 Å². The van der Waals surface area contributed by atoms with E-state index in [0.717, 1.165) is 11.1 Å². The van der Waals surface area contributed by atoms with Crippen LogP contribution in [-0.2, 0) is 13.8 Å². The van der Waals surface area contributed by atoms with Crippen LogP contribution in [0.3, 0.4) is 0 Å². The molecule has 30 heavy (non-hydrogen) atoms. The molecule has 5 rings (SSSR count). The summed E-state index contributed by atoms with van der Waals surface area (Å²) in [7, 11) is -0.993. The van der Waals surface area contributed by atoms with Gasteiger partial charge in [0.2, 0.25) is 0 Å². The molecule has 7 nitrogen and oxygen atoms in total. The minimum atomic E-state index is -2.31. The number of nitrogens with zero attached hydrogens (tertiary/aromatic N) is 1. The molecule has 3 aromatic carbocycles. The zero-order valence-corrected chi connectivity index (χ0v) is 16.8. The summed E-state index contributed by atoms with van der Waals surface area (Å²) >= 11 is 0. The third-order valence-corrected chi connectivity index (χ3v) is 5.85. The molecule has 1 N–H and O–H groups in total. The lowest BCUT2D eigenvalue weighted by atomic mass is 9.97. The third-order valence-electron chi connectivity index (χ3n) is 4.89. The average molecular weight is 419 g/mol. The van der Waals surface area contributed by atoms with Gasteiger partial charge in [0.1, 0.15) is 11.5 Å². The second-order valence-corrected chi connectivity index (χ2v) is 7.85. The number of hydrogen-bond acceptors (Lipinski definition) is 6. The lowest BCUT2D eigenvalue weighted by Crippen LogP contribution is -2.13. The Morgan fingerprint density at radius 1 is 1.03 bits per heavy atom. The number of carbonyl (C=O) groups excluding carboxylic acids is 1. The number of hydrogen-bond donors (Lipinski definition) is 1. The van der Waals surface area contributed by atoms with E-state index in [1.165, 1.54) is 7.11 Å². The van der Waals surface area contributed by atoms with Crippen LogP contribution in [-0.4, -0.2) is 23.0 Å². The first kappa shape index (κ1) is 18.5. The summed E-state index contributed by atoms with van der Waals surface area (Å²) in [6, 6.07) is 19.9. The van der Waals surface area contributed by atoms with Gasteiger partial charge in [-0.1, -0.05) is 36.4 Å². The highest BCUT2D eigenvalue weighted by molar-refractivity contribution is 7.47. The van der Waals surface area contributed by atoms with Gasteiger partial charge in [-0.05, 0) is 34.9 Å². The van der Waals surface area contributed by atoms with Crippen LogP contribution in [0.1, 0.15) is 27.6 Å². The van der Waals surface area contributed by atoms with Crippen molar-refractivity contribution < 1.29 is 23.4 Å². The number of H-pyrrole nitrogens is 1. The molecule has 2 heterocycles. The molecule has 0 spiro atoms. The summed E-state index contributed by atoms with van der Waals surface area (Å²) < 4.78 is 29.8. The zero-order valence-electron chi connectivity index (χ0n) is 15.9. The molecule has 1 unspecified atom stereocenters. The summed E-state index contributed by atoms with van der Waals surface area (Å²) in [6.45, 7) is 0. The Kier molecular flexibility index (Phi) is 4.54. The SMILES string of the molecule is COC(=O)c1ccc2nc([P+](=O)OC3c4ccccc4Oc4ccccc43)[nH]c2c1. The van der Waals surface area contributed by atoms with Crippen molar-refractivity contribution in [1.82, 2.24) is 9.97 Å². The van der Waals surface area contributed by atoms with Crippen LogP contribution < -0.4 is 10.3 Å². The first-order valence-electron chi connectivity index (χ1n) is 9.22. The molecule has 0 fully saturated rings. The van der Waals surface area contributed by atoms with Gasteiger partial charge in [-0.3, -0.25) is 4.98 Å². The van der Waals surface area contributed by atoms with Crippen LogP contribution in [0, 0.1) is 0 Å². The average Bonchev–Trinajstić information content (AvgIpc) is 3.22. The molecule has 4 aromatic rings. The number of nitrogens with one attached hydrogen (secondary N) is 1. The van der Waals surface area contributed by atoms with Crippen LogP contribution in [0.4, 0.5) is 0 Å². The Hall–Kier alpha value is -3.54. The summed E-state index contributed by atoms with van der Waals surface area (Å²) in [5.41, 5.74) is 3.32. The molecule has 0 saturated carbocycles. The lowest BCUT2D eigenvalue weighted by Gasteiger charge is -2.24. The second kappa shape index (κ2) is 7.37. The van der Waals surface area contributed by atoms with Gasteiger partial charge in [0.05, 0.1) is 23.7 Å². The highest BCUT2D eigenvalue weighted by atomic mass is 31.1. The van der Waals surface area contributed by atoms with Crippen LogP contribution in [0.15, 0.2) is 66.7 Å². The molecule has 8 heteroatoms. The van der Waals surface area contributed by atoms with Gasteiger partial charge >= 0.3 is 19.6 Å². The fraction of sp³-hybridized carbons (Fsp3) is 0.0909. The molecule has 148 valence electrons. The van der Waals surface area contributed by atoms with Gasteiger partial charge in [-0.25, -0.2) is 4.79 Å². The molecule has 1 atom stereocenters. The van der Waals surface area contributed by atoms with E-state index in [0.29, 0.717) is 28.1 Å². The summed E-state index contributed by atoms with van der Waals surface area (Å²) in [5, 5.41) is 0. The highest BCUT2D eigenvalue weighted by Gasteiger charge is 2.38. The van der Waals surface area contributed by atoms with E-state index in [2.05, 4.69) is 9.97 Å². The number of rotatable bonds is 4. The number of fused-ring (bicyclic) bond motifs is 3. The zero-order chi connectivity index (χ0) is 20.7. The fourth-order valence-corrected chi connectivity index (χ4v) is 4.37. The van der Waals surface area contributed by atoms with E-state index in [1.54, 1.807) is 18.2 Å². The van der Waals surface area contributed by atoms with Crippen LogP contribution >= 0.6 is 8.03 Å². The number of aromatic amines is 1. The number of methoxy groups -OCH3 is 1. The normalized spacial score (nSPS) is 13.3. The van der Waals surface area contributed by atoms with Gasteiger partial charge in [-0.15, -0.1) is 4.52 Å². The third kappa shape index (κ3) is 3.14. The Bertz CT molecular complexity index is 1250. The minimum absolute atomic E-state index is 0.198. The monoisotopic (exact) mass is 419 g/mol. The number of benzene rings is 3. The Morgan fingerprint density at radius 2 is 1.70 bits per heavy atom. The summed E-state index contributed by atoms with van der Waals surface area (Å²) in [6.07, 6.45) is -0.561. The molecule has 1 aromatic heterocycles. The maximum Gasteiger partial charge on any atom is 0.590 e. The summed E-state index contributed by atoms with van der Waals surface area (Å²) in [5.74, 6) is 0.873. The van der Waals surface area contributed by atoms with Crippen molar-refractivity contribution in [2.75, 3.05) is 7.11 Å². The van der Waals surface area contributed by atoms with Crippen molar-refractivity contribution in [2.45, 2.75) is 6.10 Å². The lowest BCUT2D eigenvalue weighted by molar-refractivity contribution is 0.0601. The number of esters is 1. The van der Waals surface area contributed by atoms with E-state index in [4.69, 9.17) is 14.0 Å². The smallest absolute Gasteiger partial charge is 0.465 e. The van der Waals surface area contributed by atoms with Crippen LogP contribution in [0.25, 0.3) is 11.0 Å². The van der Waals surface area contributed by atoms with E-state index in [-0.39, 0.29) is 5.57 Å². The molecule has 0 radical (unpaired) electrons.